The predicted octanol–water partition coefficient (Wildman–Crippen LogP) is 4.80. The molecule has 8 heteroatoms. The lowest BCUT2D eigenvalue weighted by Crippen LogP contribution is -2.37. The summed E-state index contributed by atoms with van der Waals surface area (Å²) in [6.45, 7) is 11.0. The summed E-state index contributed by atoms with van der Waals surface area (Å²) in [7, 11) is 0. The zero-order valence-electron chi connectivity index (χ0n) is 19.1. The van der Waals surface area contributed by atoms with Crippen molar-refractivity contribution in [3.05, 3.63) is 50.8 Å². The lowest BCUT2D eigenvalue weighted by atomic mass is 10.1. The molecule has 2 aromatic heterocycles. The van der Waals surface area contributed by atoms with E-state index in [-0.39, 0.29) is 5.56 Å². The lowest BCUT2D eigenvalue weighted by Gasteiger charge is -2.26. The number of aliphatic hydroxyl groups excluding tert-OH is 1. The van der Waals surface area contributed by atoms with E-state index in [0.717, 1.165) is 17.7 Å². The largest absolute Gasteiger partial charge is 0.389 e. The molecule has 0 aliphatic heterocycles. The summed E-state index contributed by atoms with van der Waals surface area (Å²) >= 11 is 7.79. The van der Waals surface area contributed by atoms with Crippen molar-refractivity contribution in [2.24, 2.45) is 11.8 Å². The molecular formula is C24H32ClN3O3S. The van der Waals surface area contributed by atoms with Gasteiger partial charge in [0.1, 0.15) is 10.7 Å². The molecule has 0 amide bonds. The second-order valence-corrected chi connectivity index (χ2v) is 10.3. The van der Waals surface area contributed by atoms with Gasteiger partial charge in [-0.15, -0.1) is 11.3 Å². The molecule has 2 N–H and O–H groups in total. The molecule has 3 rings (SSSR count). The van der Waals surface area contributed by atoms with Crippen molar-refractivity contribution in [2.45, 2.75) is 40.3 Å². The zero-order chi connectivity index (χ0) is 23.3. The number of halogens is 1. The smallest absolute Gasteiger partial charge is 0.260 e. The van der Waals surface area contributed by atoms with E-state index in [0.29, 0.717) is 59.2 Å². The van der Waals surface area contributed by atoms with Gasteiger partial charge in [-0.3, -0.25) is 9.69 Å². The van der Waals surface area contributed by atoms with Gasteiger partial charge >= 0.3 is 0 Å². The SMILES string of the molecule is CC(C)COC[C@@H](O)CN(Cc1nc2scc(-c3ccccc3Cl)c2c(=O)[nH]1)CC(C)C. The maximum atomic E-state index is 13.0. The van der Waals surface area contributed by atoms with Crippen molar-refractivity contribution in [2.75, 3.05) is 26.3 Å². The summed E-state index contributed by atoms with van der Waals surface area (Å²) < 4.78 is 5.58. The van der Waals surface area contributed by atoms with Crippen molar-refractivity contribution in [3.63, 3.8) is 0 Å². The first-order valence-electron chi connectivity index (χ1n) is 11.0. The Morgan fingerprint density at radius 2 is 1.88 bits per heavy atom. The summed E-state index contributed by atoms with van der Waals surface area (Å²) in [5, 5.41) is 13.5. The number of rotatable bonds is 11. The molecule has 1 atom stereocenters. The number of aromatic nitrogens is 2. The van der Waals surface area contributed by atoms with Crippen LogP contribution in [0.5, 0.6) is 0 Å². The highest BCUT2D eigenvalue weighted by molar-refractivity contribution is 7.17. The molecule has 6 nitrogen and oxygen atoms in total. The van der Waals surface area contributed by atoms with Crippen LogP contribution in [0, 0.1) is 11.8 Å². The van der Waals surface area contributed by atoms with Gasteiger partial charge in [-0.2, -0.15) is 0 Å². The standard InChI is InChI=1S/C24H32ClN3O3S/c1-15(2)9-28(10-17(29)13-31-12-16(3)4)11-21-26-23(30)22-19(14-32-24(22)27-21)18-7-5-6-8-20(18)25/h5-8,14-17,29H,9-13H2,1-4H3,(H,26,27,30)/t17-/m0/s1. The van der Waals surface area contributed by atoms with Crippen LogP contribution in [0.3, 0.4) is 0 Å². The number of ether oxygens (including phenoxy) is 1. The quantitative estimate of drug-likeness (QED) is 0.415. The molecule has 0 spiro atoms. The Morgan fingerprint density at radius 3 is 2.56 bits per heavy atom. The minimum Gasteiger partial charge on any atom is -0.389 e. The number of aromatic amines is 1. The average Bonchev–Trinajstić information content (AvgIpc) is 3.11. The van der Waals surface area contributed by atoms with E-state index in [4.69, 9.17) is 21.3 Å². The third-order valence-corrected chi connectivity index (χ3v) is 6.09. The normalized spacial score (nSPS) is 13.0. The lowest BCUT2D eigenvalue weighted by molar-refractivity contribution is 0.00485. The second kappa shape index (κ2) is 11.4. The molecular weight excluding hydrogens is 446 g/mol. The maximum Gasteiger partial charge on any atom is 0.260 e. The van der Waals surface area contributed by atoms with Crippen LogP contribution in [0.1, 0.15) is 33.5 Å². The molecule has 174 valence electrons. The Morgan fingerprint density at radius 1 is 1.12 bits per heavy atom. The van der Waals surface area contributed by atoms with Crippen molar-refractivity contribution in [1.29, 1.82) is 0 Å². The molecule has 0 fully saturated rings. The predicted molar refractivity (Wildman–Crippen MR) is 132 cm³/mol. The molecule has 0 saturated heterocycles. The summed E-state index contributed by atoms with van der Waals surface area (Å²) in [5.74, 6) is 1.42. The number of aliphatic hydroxyl groups is 1. The van der Waals surface area contributed by atoms with Gasteiger partial charge in [-0.1, -0.05) is 57.5 Å². The van der Waals surface area contributed by atoms with Gasteiger partial charge in [0.15, 0.2) is 0 Å². The van der Waals surface area contributed by atoms with Gasteiger partial charge in [0.25, 0.3) is 5.56 Å². The van der Waals surface area contributed by atoms with E-state index in [1.165, 1.54) is 11.3 Å². The molecule has 32 heavy (non-hydrogen) atoms. The Bertz CT molecular complexity index is 1080. The number of nitrogens with one attached hydrogen (secondary N) is 1. The Hall–Kier alpha value is -1.77. The number of hydrogen-bond donors (Lipinski definition) is 2. The van der Waals surface area contributed by atoms with Gasteiger partial charge in [-0.05, 0) is 17.9 Å². The van der Waals surface area contributed by atoms with Crippen LogP contribution < -0.4 is 5.56 Å². The zero-order valence-corrected chi connectivity index (χ0v) is 20.7. The maximum absolute atomic E-state index is 13.0. The molecule has 0 saturated carbocycles. The van der Waals surface area contributed by atoms with Crippen LogP contribution in [0.25, 0.3) is 21.3 Å². The van der Waals surface area contributed by atoms with Crippen molar-refractivity contribution < 1.29 is 9.84 Å². The van der Waals surface area contributed by atoms with Crippen LogP contribution in [-0.2, 0) is 11.3 Å². The van der Waals surface area contributed by atoms with Gasteiger partial charge in [0.2, 0.25) is 0 Å². The van der Waals surface area contributed by atoms with E-state index in [1.807, 2.05) is 29.6 Å². The van der Waals surface area contributed by atoms with E-state index >= 15 is 0 Å². The highest BCUT2D eigenvalue weighted by Crippen LogP contribution is 2.34. The Kier molecular flexibility index (Phi) is 8.85. The number of thiophene rings is 1. The summed E-state index contributed by atoms with van der Waals surface area (Å²) in [4.78, 5) is 23.4. The molecule has 2 heterocycles. The van der Waals surface area contributed by atoms with Crippen LogP contribution in [0.4, 0.5) is 0 Å². The number of nitrogens with zero attached hydrogens (tertiary/aromatic N) is 2. The molecule has 0 aliphatic rings. The molecule has 0 bridgehead atoms. The molecule has 0 unspecified atom stereocenters. The highest BCUT2D eigenvalue weighted by atomic mass is 35.5. The monoisotopic (exact) mass is 477 g/mol. The highest BCUT2D eigenvalue weighted by Gasteiger charge is 2.18. The molecule has 3 aromatic rings. The molecule has 1 aromatic carbocycles. The third-order valence-electron chi connectivity index (χ3n) is 4.88. The van der Waals surface area contributed by atoms with Gasteiger partial charge in [0.05, 0.1) is 24.6 Å². The first-order chi connectivity index (χ1) is 15.2. The van der Waals surface area contributed by atoms with E-state index < -0.39 is 6.10 Å². The van der Waals surface area contributed by atoms with Gasteiger partial charge in [0, 0.05) is 41.2 Å². The molecule has 0 aliphatic carbocycles. The van der Waals surface area contributed by atoms with E-state index in [1.54, 1.807) is 0 Å². The summed E-state index contributed by atoms with van der Waals surface area (Å²) in [5.41, 5.74) is 1.45. The van der Waals surface area contributed by atoms with E-state index in [2.05, 4.69) is 37.6 Å². The Labute approximate surface area is 198 Å². The fraction of sp³-hybridized carbons (Fsp3) is 0.500. The second-order valence-electron chi connectivity index (χ2n) is 9.00. The minimum absolute atomic E-state index is 0.175. The van der Waals surface area contributed by atoms with Crippen molar-refractivity contribution in [1.82, 2.24) is 14.9 Å². The van der Waals surface area contributed by atoms with Gasteiger partial charge < -0.3 is 14.8 Å². The third kappa shape index (κ3) is 6.62. The topological polar surface area (TPSA) is 78.5 Å². The number of hydrogen-bond acceptors (Lipinski definition) is 6. The number of H-pyrrole nitrogens is 1. The fourth-order valence-electron chi connectivity index (χ4n) is 3.67. The van der Waals surface area contributed by atoms with Gasteiger partial charge in [-0.25, -0.2) is 4.98 Å². The first kappa shape index (κ1) is 24.9. The number of fused-ring (bicyclic) bond motifs is 1. The Balaban J connectivity index is 1.79. The van der Waals surface area contributed by atoms with Crippen LogP contribution in [-0.4, -0.2) is 52.4 Å². The number of benzene rings is 1. The van der Waals surface area contributed by atoms with E-state index in [9.17, 15) is 9.90 Å². The average molecular weight is 478 g/mol. The van der Waals surface area contributed by atoms with Crippen LogP contribution in [0.15, 0.2) is 34.4 Å². The summed E-state index contributed by atoms with van der Waals surface area (Å²) in [6, 6.07) is 7.49. The fourth-order valence-corrected chi connectivity index (χ4v) is 4.86. The summed E-state index contributed by atoms with van der Waals surface area (Å²) in [6.07, 6.45) is -0.600. The first-order valence-corrected chi connectivity index (χ1v) is 12.2. The van der Waals surface area contributed by atoms with Crippen molar-refractivity contribution in [3.8, 4) is 11.1 Å². The van der Waals surface area contributed by atoms with Crippen LogP contribution in [0.2, 0.25) is 5.02 Å². The minimum atomic E-state index is -0.600. The van der Waals surface area contributed by atoms with Crippen molar-refractivity contribution >= 4 is 33.2 Å². The molecule has 0 radical (unpaired) electrons. The van der Waals surface area contributed by atoms with Crippen LogP contribution >= 0.6 is 22.9 Å².